The van der Waals surface area contributed by atoms with Crippen molar-refractivity contribution in [2.75, 3.05) is 26.2 Å². The normalized spacial score (nSPS) is 21.1. The fourth-order valence-corrected chi connectivity index (χ4v) is 3.04. The summed E-state index contributed by atoms with van der Waals surface area (Å²) in [5, 5.41) is 3.52. The number of nitrogens with one attached hydrogen (secondary N) is 1. The molecule has 0 aromatic carbocycles. The zero-order valence-electron chi connectivity index (χ0n) is 13.0. The molecule has 112 valence electrons. The summed E-state index contributed by atoms with van der Waals surface area (Å²) in [6.45, 7) is 10.5. The Labute approximate surface area is 123 Å². The Morgan fingerprint density at radius 2 is 2.25 bits per heavy atom. The molecule has 3 nitrogen and oxygen atoms in total. The van der Waals surface area contributed by atoms with E-state index in [2.05, 4.69) is 35.1 Å². The Morgan fingerprint density at radius 1 is 1.35 bits per heavy atom. The van der Waals surface area contributed by atoms with Crippen LogP contribution in [0.5, 0.6) is 0 Å². The van der Waals surface area contributed by atoms with E-state index in [1.807, 2.05) is 18.5 Å². The lowest BCUT2D eigenvalue weighted by molar-refractivity contribution is 0.271. The minimum atomic E-state index is 0.846. The van der Waals surface area contributed by atoms with E-state index >= 15 is 0 Å². The van der Waals surface area contributed by atoms with Gasteiger partial charge in [-0.05, 0) is 55.8 Å². The van der Waals surface area contributed by atoms with Gasteiger partial charge in [0.1, 0.15) is 0 Å². The lowest BCUT2D eigenvalue weighted by Crippen LogP contribution is -2.32. The molecule has 0 radical (unpaired) electrons. The first-order valence-corrected chi connectivity index (χ1v) is 8.07. The molecule has 0 aliphatic carbocycles. The van der Waals surface area contributed by atoms with Crippen molar-refractivity contribution in [2.45, 2.75) is 39.7 Å². The van der Waals surface area contributed by atoms with Crippen LogP contribution in [0.25, 0.3) is 0 Å². The van der Waals surface area contributed by atoms with Crippen LogP contribution in [-0.4, -0.2) is 36.1 Å². The first-order chi connectivity index (χ1) is 9.75. The van der Waals surface area contributed by atoms with E-state index in [0.29, 0.717) is 0 Å². The molecule has 1 aromatic heterocycles. The maximum Gasteiger partial charge on any atom is 0.0312 e. The van der Waals surface area contributed by atoms with Gasteiger partial charge in [0, 0.05) is 32.0 Å². The maximum absolute atomic E-state index is 4.14. The second-order valence-corrected chi connectivity index (χ2v) is 6.31. The fourth-order valence-electron chi connectivity index (χ4n) is 3.04. The van der Waals surface area contributed by atoms with Gasteiger partial charge in [0.2, 0.25) is 0 Å². The number of likely N-dealkylation sites (tertiary alicyclic amines) is 1. The lowest BCUT2D eigenvalue weighted by Gasteiger charge is -2.21. The van der Waals surface area contributed by atoms with Crippen molar-refractivity contribution in [3.05, 3.63) is 30.1 Å². The molecule has 1 aromatic rings. The Bertz CT molecular complexity index is 364. The van der Waals surface area contributed by atoms with Crippen molar-refractivity contribution in [1.29, 1.82) is 0 Å². The molecule has 1 aliphatic rings. The lowest BCUT2D eigenvalue weighted by atomic mass is 9.89. The summed E-state index contributed by atoms with van der Waals surface area (Å²) >= 11 is 0. The molecule has 1 saturated heterocycles. The molecule has 2 heterocycles. The average molecular weight is 275 g/mol. The standard InChI is InChI=1S/C17H29N3/c1-15(2)17-6-4-10-20(11-7-17)12-9-19-14-16-5-3-8-18-13-16/h3,5,8,13,15,17,19H,4,6-7,9-12,14H2,1-2H3. The van der Waals surface area contributed by atoms with Crippen molar-refractivity contribution >= 4 is 0 Å². The van der Waals surface area contributed by atoms with Gasteiger partial charge in [0.05, 0.1) is 0 Å². The zero-order valence-corrected chi connectivity index (χ0v) is 13.0. The molecule has 1 atom stereocenters. The smallest absolute Gasteiger partial charge is 0.0312 e. The van der Waals surface area contributed by atoms with Crippen molar-refractivity contribution < 1.29 is 0 Å². The third kappa shape index (κ3) is 5.22. The second kappa shape index (κ2) is 8.38. The quantitative estimate of drug-likeness (QED) is 0.809. The van der Waals surface area contributed by atoms with Crippen LogP contribution in [0.4, 0.5) is 0 Å². The van der Waals surface area contributed by atoms with Gasteiger partial charge in [-0.3, -0.25) is 4.98 Å². The van der Waals surface area contributed by atoms with E-state index in [1.54, 1.807) is 0 Å². The van der Waals surface area contributed by atoms with Gasteiger partial charge < -0.3 is 10.2 Å². The second-order valence-electron chi connectivity index (χ2n) is 6.31. The van der Waals surface area contributed by atoms with Crippen LogP contribution in [-0.2, 0) is 6.54 Å². The molecule has 3 heteroatoms. The van der Waals surface area contributed by atoms with Crippen molar-refractivity contribution in [1.82, 2.24) is 15.2 Å². The monoisotopic (exact) mass is 275 g/mol. The molecule has 2 rings (SSSR count). The van der Waals surface area contributed by atoms with Crippen LogP contribution in [0.15, 0.2) is 24.5 Å². The summed E-state index contributed by atoms with van der Waals surface area (Å²) in [6.07, 6.45) is 7.92. The van der Waals surface area contributed by atoms with Gasteiger partial charge in [-0.1, -0.05) is 19.9 Å². The average Bonchev–Trinajstić information content (AvgIpc) is 2.70. The van der Waals surface area contributed by atoms with Gasteiger partial charge >= 0.3 is 0 Å². The van der Waals surface area contributed by atoms with Crippen LogP contribution in [0, 0.1) is 11.8 Å². The Hall–Kier alpha value is -0.930. The van der Waals surface area contributed by atoms with Gasteiger partial charge in [0.25, 0.3) is 0 Å². The molecule has 1 unspecified atom stereocenters. The van der Waals surface area contributed by atoms with Crippen LogP contribution in [0.3, 0.4) is 0 Å². The van der Waals surface area contributed by atoms with E-state index in [4.69, 9.17) is 0 Å². The Morgan fingerprint density at radius 3 is 3.00 bits per heavy atom. The number of pyridine rings is 1. The molecule has 1 fully saturated rings. The van der Waals surface area contributed by atoms with E-state index in [1.165, 1.54) is 44.5 Å². The number of rotatable bonds is 6. The maximum atomic E-state index is 4.14. The first-order valence-electron chi connectivity index (χ1n) is 8.07. The summed E-state index contributed by atoms with van der Waals surface area (Å²) in [4.78, 5) is 6.76. The summed E-state index contributed by atoms with van der Waals surface area (Å²) in [7, 11) is 0. The highest BCUT2D eigenvalue weighted by Gasteiger charge is 2.18. The molecule has 0 spiro atoms. The predicted molar refractivity (Wildman–Crippen MR) is 84.6 cm³/mol. The van der Waals surface area contributed by atoms with Crippen molar-refractivity contribution in [2.24, 2.45) is 11.8 Å². The minimum Gasteiger partial charge on any atom is -0.311 e. The molecule has 0 amide bonds. The van der Waals surface area contributed by atoms with E-state index < -0.39 is 0 Å². The summed E-state index contributed by atoms with van der Waals surface area (Å²) in [5.41, 5.74) is 1.27. The number of nitrogens with zero attached hydrogens (tertiary/aromatic N) is 2. The third-order valence-corrected chi connectivity index (χ3v) is 4.46. The topological polar surface area (TPSA) is 28.2 Å². The third-order valence-electron chi connectivity index (χ3n) is 4.46. The fraction of sp³-hybridized carbons (Fsp3) is 0.706. The number of hydrogen-bond donors (Lipinski definition) is 1. The molecular weight excluding hydrogens is 246 g/mol. The van der Waals surface area contributed by atoms with Gasteiger partial charge in [-0.15, -0.1) is 0 Å². The number of hydrogen-bond acceptors (Lipinski definition) is 3. The Kier molecular flexibility index (Phi) is 6.48. The van der Waals surface area contributed by atoms with E-state index in [-0.39, 0.29) is 0 Å². The SMILES string of the molecule is CC(C)C1CCCN(CCNCc2cccnc2)CC1. The van der Waals surface area contributed by atoms with Crippen LogP contribution in [0.2, 0.25) is 0 Å². The largest absolute Gasteiger partial charge is 0.311 e. The van der Waals surface area contributed by atoms with Crippen LogP contribution < -0.4 is 5.32 Å². The summed E-state index contributed by atoms with van der Waals surface area (Å²) < 4.78 is 0. The van der Waals surface area contributed by atoms with Gasteiger partial charge in [0.15, 0.2) is 0 Å². The highest BCUT2D eigenvalue weighted by atomic mass is 15.1. The Balaban J connectivity index is 1.62. The molecule has 0 saturated carbocycles. The van der Waals surface area contributed by atoms with Crippen LogP contribution in [0.1, 0.15) is 38.7 Å². The number of aromatic nitrogens is 1. The van der Waals surface area contributed by atoms with Crippen LogP contribution >= 0.6 is 0 Å². The predicted octanol–water partition coefficient (Wildman–Crippen LogP) is 2.93. The molecule has 0 bridgehead atoms. The first kappa shape index (κ1) is 15.5. The highest BCUT2D eigenvalue weighted by molar-refractivity contribution is 5.07. The van der Waals surface area contributed by atoms with Gasteiger partial charge in [-0.25, -0.2) is 0 Å². The highest BCUT2D eigenvalue weighted by Crippen LogP contribution is 2.24. The van der Waals surface area contributed by atoms with E-state index in [0.717, 1.165) is 24.9 Å². The molecule has 20 heavy (non-hydrogen) atoms. The molecule has 1 N–H and O–H groups in total. The molecule has 1 aliphatic heterocycles. The summed E-state index contributed by atoms with van der Waals surface area (Å²) in [5.74, 6) is 1.78. The van der Waals surface area contributed by atoms with Crippen molar-refractivity contribution in [3.8, 4) is 0 Å². The zero-order chi connectivity index (χ0) is 14.2. The summed E-state index contributed by atoms with van der Waals surface area (Å²) in [6, 6.07) is 4.12. The minimum absolute atomic E-state index is 0.846. The van der Waals surface area contributed by atoms with E-state index in [9.17, 15) is 0 Å². The molecular formula is C17H29N3. The van der Waals surface area contributed by atoms with Crippen molar-refractivity contribution in [3.63, 3.8) is 0 Å². The van der Waals surface area contributed by atoms with Gasteiger partial charge in [-0.2, -0.15) is 0 Å².